The highest BCUT2D eigenvalue weighted by Gasteiger charge is 2.25. The van der Waals surface area contributed by atoms with Gasteiger partial charge in [0.2, 0.25) is 0 Å². The van der Waals surface area contributed by atoms with Gasteiger partial charge in [-0.05, 0) is 37.5 Å². The van der Waals surface area contributed by atoms with Crippen LogP contribution >= 0.6 is 12.6 Å². The van der Waals surface area contributed by atoms with Gasteiger partial charge in [-0.3, -0.25) is 9.59 Å². The Kier molecular flexibility index (Phi) is 3.77. The fourth-order valence-electron chi connectivity index (χ4n) is 2.31. The maximum atomic E-state index is 12.2. The number of hydrogen-bond acceptors (Lipinski definition) is 5. The molecule has 3 rings (SSSR count). The van der Waals surface area contributed by atoms with E-state index in [0.717, 1.165) is 18.4 Å². The molecule has 0 aliphatic heterocycles. The number of aryl methyl sites for hydroxylation is 1. The Morgan fingerprint density at radius 3 is 2.65 bits per heavy atom. The summed E-state index contributed by atoms with van der Waals surface area (Å²) in [6.45, 7) is 1.86. The molecule has 0 spiro atoms. The number of rotatable bonds is 4. The van der Waals surface area contributed by atoms with E-state index in [0.29, 0.717) is 11.3 Å². The minimum atomic E-state index is -0.695. The van der Waals surface area contributed by atoms with Crippen LogP contribution < -0.4 is 16.8 Å². The summed E-state index contributed by atoms with van der Waals surface area (Å²) < 4.78 is 1.38. The second kappa shape index (κ2) is 5.62. The lowest BCUT2D eigenvalue weighted by Crippen LogP contribution is -2.25. The normalized spacial score (nSPS) is 13.8. The number of primary amides is 1. The standard InChI is InChI=1S/C15H17N5O2S/c1-7-2-3-8(14(22)18-9-4-5-9)6-10(7)20-12(16)11(13(17)21)15(23)19-20/h2-3,6,9H,4-5,16H2,1H3,(H2,17,21)(H,18,22)(H,19,23). The van der Waals surface area contributed by atoms with Crippen LogP contribution in [-0.4, -0.2) is 27.6 Å². The number of benzene rings is 1. The maximum absolute atomic E-state index is 12.2. The third-order valence-corrected chi connectivity index (χ3v) is 4.07. The van der Waals surface area contributed by atoms with Crippen LogP contribution in [0.1, 0.15) is 39.1 Å². The molecule has 1 aromatic heterocycles. The van der Waals surface area contributed by atoms with E-state index in [1.165, 1.54) is 4.68 Å². The van der Waals surface area contributed by atoms with E-state index in [-0.39, 0.29) is 28.4 Å². The number of amides is 2. The van der Waals surface area contributed by atoms with Crippen molar-refractivity contribution in [3.05, 3.63) is 34.9 Å². The van der Waals surface area contributed by atoms with Crippen molar-refractivity contribution in [2.45, 2.75) is 30.8 Å². The number of carbonyl (C=O) groups excluding carboxylic acids is 2. The van der Waals surface area contributed by atoms with Crippen molar-refractivity contribution in [1.82, 2.24) is 15.1 Å². The van der Waals surface area contributed by atoms with Gasteiger partial charge in [-0.25, -0.2) is 4.68 Å². The van der Waals surface area contributed by atoms with Gasteiger partial charge in [-0.2, -0.15) is 5.10 Å². The zero-order chi connectivity index (χ0) is 16.7. The first-order chi connectivity index (χ1) is 10.9. The summed E-state index contributed by atoms with van der Waals surface area (Å²) in [5, 5.41) is 7.24. The molecule has 0 saturated heterocycles. The zero-order valence-electron chi connectivity index (χ0n) is 12.5. The highest BCUT2D eigenvalue weighted by molar-refractivity contribution is 7.80. The minimum absolute atomic E-state index is 0.0700. The number of aromatic nitrogens is 2. The smallest absolute Gasteiger partial charge is 0.255 e. The Labute approximate surface area is 138 Å². The zero-order valence-corrected chi connectivity index (χ0v) is 13.4. The molecule has 0 radical (unpaired) electrons. The number of nitrogen functional groups attached to an aromatic ring is 1. The number of nitrogens with two attached hydrogens (primary N) is 2. The molecular weight excluding hydrogens is 314 g/mol. The Morgan fingerprint density at radius 2 is 2.09 bits per heavy atom. The highest BCUT2D eigenvalue weighted by Crippen LogP contribution is 2.26. The van der Waals surface area contributed by atoms with E-state index in [9.17, 15) is 9.59 Å². The van der Waals surface area contributed by atoms with Crippen molar-refractivity contribution in [1.29, 1.82) is 0 Å². The molecule has 8 heteroatoms. The fourth-order valence-corrected chi connectivity index (χ4v) is 2.63. The Morgan fingerprint density at radius 1 is 1.39 bits per heavy atom. The van der Waals surface area contributed by atoms with Crippen LogP contribution in [0.4, 0.5) is 5.82 Å². The molecule has 0 atom stereocenters. The van der Waals surface area contributed by atoms with Gasteiger partial charge in [0.05, 0.1) is 5.69 Å². The van der Waals surface area contributed by atoms with E-state index in [1.807, 2.05) is 6.92 Å². The van der Waals surface area contributed by atoms with Gasteiger partial charge >= 0.3 is 0 Å². The predicted molar refractivity (Wildman–Crippen MR) is 89.0 cm³/mol. The van der Waals surface area contributed by atoms with Crippen molar-refractivity contribution >= 4 is 30.3 Å². The molecule has 0 unspecified atom stereocenters. The lowest BCUT2D eigenvalue weighted by atomic mass is 10.1. The van der Waals surface area contributed by atoms with Gasteiger partial charge in [-0.15, -0.1) is 12.6 Å². The summed E-state index contributed by atoms with van der Waals surface area (Å²) in [5.74, 6) is -0.731. The largest absolute Gasteiger partial charge is 0.383 e. The fraction of sp³-hybridized carbons (Fsp3) is 0.267. The Hall–Kier alpha value is -2.48. The van der Waals surface area contributed by atoms with Crippen molar-refractivity contribution in [3.63, 3.8) is 0 Å². The molecule has 2 aromatic rings. The van der Waals surface area contributed by atoms with Crippen LogP contribution in [0, 0.1) is 6.92 Å². The van der Waals surface area contributed by atoms with Crippen molar-refractivity contribution < 1.29 is 9.59 Å². The summed E-state index contributed by atoms with van der Waals surface area (Å²) in [6.07, 6.45) is 2.03. The van der Waals surface area contributed by atoms with E-state index >= 15 is 0 Å². The highest BCUT2D eigenvalue weighted by atomic mass is 32.1. The van der Waals surface area contributed by atoms with Gasteiger partial charge in [-0.1, -0.05) is 6.07 Å². The van der Waals surface area contributed by atoms with Gasteiger partial charge < -0.3 is 16.8 Å². The number of hydrogen-bond donors (Lipinski definition) is 4. The third kappa shape index (κ3) is 2.89. The van der Waals surface area contributed by atoms with Crippen LogP contribution in [0.2, 0.25) is 0 Å². The lowest BCUT2D eigenvalue weighted by molar-refractivity contribution is 0.0949. The van der Waals surface area contributed by atoms with Gasteiger partial charge in [0.15, 0.2) is 0 Å². The molecule has 1 aliphatic carbocycles. The first kappa shape index (κ1) is 15.4. The maximum Gasteiger partial charge on any atom is 0.255 e. The lowest BCUT2D eigenvalue weighted by Gasteiger charge is -2.11. The monoisotopic (exact) mass is 331 g/mol. The first-order valence-corrected chi connectivity index (χ1v) is 7.62. The Balaban J connectivity index is 2.04. The van der Waals surface area contributed by atoms with Gasteiger partial charge in [0, 0.05) is 11.6 Å². The summed E-state index contributed by atoms with van der Waals surface area (Å²) in [5.41, 5.74) is 13.3. The van der Waals surface area contributed by atoms with Crippen molar-refractivity contribution in [3.8, 4) is 5.69 Å². The average molecular weight is 331 g/mol. The SMILES string of the molecule is Cc1ccc(C(=O)NC2CC2)cc1-n1nc(S)c(C(N)=O)c1N. The number of anilines is 1. The van der Waals surface area contributed by atoms with Gasteiger partial charge in [0.1, 0.15) is 16.4 Å². The average Bonchev–Trinajstić information content (AvgIpc) is 3.23. The number of nitrogens with zero attached hydrogens (tertiary/aromatic N) is 2. The Bertz CT molecular complexity index is 810. The molecule has 1 saturated carbocycles. The van der Waals surface area contributed by atoms with E-state index in [4.69, 9.17) is 11.5 Å². The molecule has 0 bridgehead atoms. The molecule has 1 aliphatic rings. The summed E-state index contributed by atoms with van der Waals surface area (Å²) in [4.78, 5) is 23.6. The van der Waals surface area contributed by atoms with Gasteiger partial charge in [0.25, 0.3) is 11.8 Å². The van der Waals surface area contributed by atoms with E-state index < -0.39 is 5.91 Å². The van der Waals surface area contributed by atoms with Crippen LogP contribution in [-0.2, 0) is 0 Å². The minimum Gasteiger partial charge on any atom is -0.383 e. The van der Waals surface area contributed by atoms with E-state index in [2.05, 4.69) is 23.0 Å². The molecule has 1 fully saturated rings. The summed E-state index contributed by atoms with van der Waals surface area (Å²) in [6, 6.07) is 5.51. The molecular formula is C15H17N5O2S. The number of nitrogens with one attached hydrogen (secondary N) is 1. The second-order valence-electron chi connectivity index (χ2n) is 5.61. The molecule has 23 heavy (non-hydrogen) atoms. The molecule has 5 N–H and O–H groups in total. The van der Waals surface area contributed by atoms with Crippen LogP contribution in [0.3, 0.4) is 0 Å². The van der Waals surface area contributed by atoms with Crippen molar-refractivity contribution in [2.24, 2.45) is 5.73 Å². The molecule has 1 aromatic carbocycles. The second-order valence-corrected chi connectivity index (χ2v) is 6.03. The van der Waals surface area contributed by atoms with E-state index in [1.54, 1.807) is 18.2 Å². The van der Waals surface area contributed by atoms with Crippen LogP contribution in [0.25, 0.3) is 5.69 Å². The topological polar surface area (TPSA) is 116 Å². The molecule has 7 nitrogen and oxygen atoms in total. The van der Waals surface area contributed by atoms with Crippen LogP contribution in [0.5, 0.6) is 0 Å². The summed E-state index contributed by atoms with van der Waals surface area (Å²) in [7, 11) is 0. The molecule has 120 valence electrons. The predicted octanol–water partition coefficient (Wildman–Crippen LogP) is 1.04. The summed E-state index contributed by atoms with van der Waals surface area (Å²) >= 11 is 4.14. The third-order valence-electron chi connectivity index (χ3n) is 3.76. The number of thiol groups is 1. The number of carbonyl (C=O) groups is 2. The van der Waals surface area contributed by atoms with Crippen LogP contribution in [0.15, 0.2) is 23.2 Å². The molecule has 1 heterocycles. The first-order valence-electron chi connectivity index (χ1n) is 7.17. The van der Waals surface area contributed by atoms with Crippen molar-refractivity contribution in [2.75, 3.05) is 5.73 Å². The quantitative estimate of drug-likeness (QED) is 0.626. The molecule has 2 amide bonds.